The Labute approximate surface area is 202 Å². The lowest BCUT2D eigenvalue weighted by Gasteiger charge is -2.23. The van der Waals surface area contributed by atoms with Crippen LogP contribution in [0.3, 0.4) is 0 Å². The molecule has 180 valence electrons. The number of hydrogen-bond donors (Lipinski definition) is 2. The van der Waals surface area contributed by atoms with Gasteiger partial charge in [-0.3, -0.25) is 10.1 Å². The van der Waals surface area contributed by atoms with Crippen molar-refractivity contribution >= 4 is 49.4 Å². The lowest BCUT2D eigenvalue weighted by atomic mass is 10.1. The molecule has 1 fully saturated rings. The smallest absolute Gasteiger partial charge is 0.280 e. The zero-order valence-corrected chi connectivity index (χ0v) is 20.1. The Morgan fingerprint density at radius 2 is 2.00 bits per heavy atom. The number of aromatic nitrogens is 2. The molecule has 1 aromatic carbocycles. The molecule has 0 bridgehead atoms. The van der Waals surface area contributed by atoms with Gasteiger partial charge in [0.25, 0.3) is 5.91 Å². The third kappa shape index (κ3) is 6.42. The van der Waals surface area contributed by atoms with E-state index in [-0.39, 0.29) is 28.4 Å². The Bertz CT molecular complexity index is 1240. The van der Waals surface area contributed by atoms with Gasteiger partial charge in [-0.2, -0.15) is 4.39 Å². The molecule has 0 unspecified atom stereocenters. The van der Waals surface area contributed by atoms with Crippen molar-refractivity contribution < 1.29 is 27.2 Å². The molecular weight excluding hydrogens is 505 g/mol. The molecule has 0 spiro atoms. The third-order valence-corrected chi connectivity index (χ3v) is 7.71. The summed E-state index contributed by atoms with van der Waals surface area (Å²) in [6.07, 6.45) is 3.80. The standard InChI is InChI=1S/C20H20FN5O5S3/c21-16-11-23-20(33-16)24-19(27)18(25-31-12-17-22-7-10-32-17)13-1-3-15(4-2-13)34(28,29)26-14-5-8-30-9-6-14/h1-4,7,10-11,14,26H,5-6,8-9,12H2,(H,23,24,27)/b25-18+. The van der Waals surface area contributed by atoms with Crippen LogP contribution in [-0.4, -0.2) is 49.3 Å². The number of halogens is 1. The van der Waals surface area contributed by atoms with Crippen molar-refractivity contribution in [3.05, 3.63) is 57.7 Å². The van der Waals surface area contributed by atoms with Crippen LogP contribution in [0.4, 0.5) is 9.52 Å². The molecule has 0 radical (unpaired) electrons. The minimum Gasteiger partial charge on any atom is -0.388 e. The van der Waals surface area contributed by atoms with Gasteiger partial charge in [-0.15, -0.1) is 11.3 Å². The highest BCUT2D eigenvalue weighted by molar-refractivity contribution is 7.89. The highest BCUT2D eigenvalue weighted by atomic mass is 32.2. The fraction of sp³-hybridized carbons (Fsp3) is 0.300. The number of carbonyl (C=O) groups excluding carboxylic acids is 1. The van der Waals surface area contributed by atoms with E-state index in [4.69, 9.17) is 9.57 Å². The molecule has 10 nitrogen and oxygen atoms in total. The normalized spacial score (nSPS) is 15.3. The molecule has 14 heteroatoms. The average molecular weight is 526 g/mol. The van der Waals surface area contributed by atoms with E-state index in [1.165, 1.54) is 35.6 Å². The molecule has 0 saturated carbocycles. The zero-order chi connectivity index (χ0) is 24.0. The van der Waals surface area contributed by atoms with Gasteiger partial charge < -0.3 is 9.57 Å². The topological polar surface area (TPSA) is 132 Å². The lowest BCUT2D eigenvalue weighted by Crippen LogP contribution is -2.38. The fourth-order valence-corrected chi connectivity index (χ4v) is 5.43. The van der Waals surface area contributed by atoms with Crippen molar-refractivity contribution in [3.63, 3.8) is 0 Å². The molecule has 3 aromatic rings. The minimum absolute atomic E-state index is 0.0435. The van der Waals surface area contributed by atoms with Crippen LogP contribution in [0.2, 0.25) is 0 Å². The summed E-state index contributed by atoms with van der Waals surface area (Å²) in [6.45, 7) is 1.05. The van der Waals surface area contributed by atoms with Crippen molar-refractivity contribution in [2.45, 2.75) is 30.4 Å². The second kappa shape index (κ2) is 11.1. The van der Waals surface area contributed by atoms with E-state index in [0.29, 0.717) is 48.0 Å². The highest BCUT2D eigenvalue weighted by Crippen LogP contribution is 2.18. The van der Waals surface area contributed by atoms with Gasteiger partial charge in [-0.05, 0) is 25.0 Å². The van der Waals surface area contributed by atoms with Crippen molar-refractivity contribution in [2.75, 3.05) is 18.5 Å². The van der Waals surface area contributed by atoms with Crippen LogP contribution >= 0.6 is 22.7 Å². The van der Waals surface area contributed by atoms with Crippen LogP contribution in [0.1, 0.15) is 23.4 Å². The Hall–Kier alpha value is -2.78. The minimum atomic E-state index is -3.75. The summed E-state index contributed by atoms with van der Waals surface area (Å²) in [5.74, 6) is -0.690. The second-order valence-corrected chi connectivity index (χ2v) is 10.8. The molecule has 3 heterocycles. The number of amides is 1. The van der Waals surface area contributed by atoms with E-state index < -0.39 is 21.1 Å². The van der Waals surface area contributed by atoms with Gasteiger partial charge in [0.15, 0.2) is 22.6 Å². The molecular formula is C20H20FN5O5S3. The van der Waals surface area contributed by atoms with Gasteiger partial charge in [0.1, 0.15) is 5.01 Å². The summed E-state index contributed by atoms with van der Waals surface area (Å²) in [4.78, 5) is 26.0. The monoisotopic (exact) mass is 525 g/mol. The van der Waals surface area contributed by atoms with E-state index in [9.17, 15) is 17.6 Å². The first kappa shape index (κ1) is 24.3. The predicted molar refractivity (Wildman–Crippen MR) is 125 cm³/mol. The molecule has 1 saturated heterocycles. The number of nitrogens with zero attached hydrogens (tertiary/aromatic N) is 3. The first-order valence-corrected chi connectivity index (χ1v) is 13.3. The largest absolute Gasteiger partial charge is 0.388 e. The maximum Gasteiger partial charge on any atom is 0.280 e. The molecule has 0 aliphatic carbocycles. The van der Waals surface area contributed by atoms with Gasteiger partial charge in [-0.1, -0.05) is 28.6 Å². The lowest BCUT2D eigenvalue weighted by molar-refractivity contribution is -0.110. The summed E-state index contributed by atoms with van der Waals surface area (Å²) in [6, 6.07) is 5.46. The van der Waals surface area contributed by atoms with Gasteiger partial charge in [-0.25, -0.2) is 23.1 Å². The van der Waals surface area contributed by atoms with Crippen LogP contribution < -0.4 is 10.0 Å². The van der Waals surface area contributed by atoms with Crippen LogP contribution in [0.25, 0.3) is 0 Å². The fourth-order valence-electron chi connectivity index (χ4n) is 3.06. The highest BCUT2D eigenvalue weighted by Gasteiger charge is 2.23. The number of benzene rings is 1. The molecule has 1 amide bonds. The SMILES string of the molecule is O=C(Nc1ncc(F)s1)/C(=N/OCc1nccs1)c1ccc(S(=O)(=O)NC2CCOCC2)cc1. The predicted octanol–water partition coefficient (Wildman–Crippen LogP) is 2.76. The van der Waals surface area contributed by atoms with Crippen LogP contribution in [0.15, 0.2) is 52.1 Å². The van der Waals surface area contributed by atoms with E-state index in [1.54, 1.807) is 11.6 Å². The van der Waals surface area contributed by atoms with Crippen LogP contribution in [0, 0.1) is 5.13 Å². The van der Waals surface area contributed by atoms with E-state index in [1.807, 2.05) is 0 Å². The number of rotatable bonds is 9. The Balaban J connectivity index is 1.52. The Morgan fingerprint density at radius 3 is 2.65 bits per heavy atom. The van der Waals surface area contributed by atoms with Gasteiger partial charge in [0.05, 0.1) is 11.1 Å². The molecule has 34 heavy (non-hydrogen) atoms. The molecule has 4 rings (SSSR count). The number of nitrogens with one attached hydrogen (secondary N) is 2. The summed E-state index contributed by atoms with van der Waals surface area (Å²) in [7, 11) is -3.75. The second-order valence-electron chi connectivity index (χ2n) is 7.10. The maximum absolute atomic E-state index is 13.3. The number of sulfonamides is 1. The number of carbonyl (C=O) groups is 1. The van der Waals surface area contributed by atoms with Crippen molar-refractivity contribution in [3.8, 4) is 0 Å². The van der Waals surface area contributed by atoms with Crippen LogP contribution in [0.5, 0.6) is 0 Å². The van der Waals surface area contributed by atoms with Crippen molar-refractivity contribution in [1.82, 2.24) is 14.7 Å². The Morgan fingerprint density at radius 1 is 1.24 bits per heavy atom. The van der Waals surface area contributed by atoms with Gasteiger partial charge in [0, 0.05) is 36.4 Å². The van der Waals surface area contributed by atoms with Crippen LogP contribution in [-0.2, 0) is 31.0 Å². The van der Waals surface area contributed by atoms with Crippen molar-refractivity contribution in [2.24, 2.45) is 5.16 Å². The maximum atomic E-state index is 13.3. The molecule has 1 aliphatic heterocycles. The number of oxime groups is 1. The number of hydrogen-bond acceptors (Lipinski definition) is 10. The zero-order valence-electron chi connectivity index (χ0n) is 17.6. The van der Waals surface area contributed by atoms with Crippen molar-refractivity contribution in [1.29, 1.82) is 0 Å². The first-order chi connectivity index (χ1) is 16.4. The number of thiazole rings is 2. The number of ether oxygens (including phenoxy) is 1. The summed E-state index contributed by atoms with van der Waals surface area (Å²) in [5, 5.41) is 8.33. The molecule has 2 aromatic heterocycles. The Kier molecular flexibility index (Phi) is 7.95. The molecule has 1 aliphatic rings. The average Bonchev–Trinajstić information content (AvgIpc) is 3.49. The number of anilines is 1. The van der Waals surface area contributed by atoms with Gasteiger partial charge >= 0.3 is 0 Å². The molecule has 2 N–H and O–H groups in total. The van der Waals surface area contributed by atoms with E-state index >= 15 is 0 Å². The summed E-state index contributed by atoms with van der Waals surface area (Å²) < 4.78 is 46.7. The third-order valence-electron chi connectivity index (χ3n) is 4.72. The van der Waals surface area contributed by atoms with Gasteiger partial charge in [0.2, 0.25) is 10.0 Å². The first-order valence-electron chi connectivity index (χ1n) is 10.1. The summed E-state index contributed by atoms with van der Waals surface area (Å²) in [5.41, 5.74) is 0.173. The van der Waals surface area contributed by atoms with E-state index in [0.717, 1.165) is 6.20 Å². The molecule has 0 atom stereocenters. The summed E-state index contributed by atoms with van der Waals surface area (Å²) >= 11 is 2.03. The quantitative estimate of drug-likeness (QED) is 0.324. The van der Waals surface area contributed by atoms with E-state index in [2.05, 4.69) is 25.2 Å².